The fourth-order valence-corrected chi connectivity index (χ4v) is 2.48. The first kappa shape index (κ1) is 17.2. The van der Waals surface area contributed by atoms with E-state index < -0.39 is 6.10 Å². The second-order valence-electron chi connectivity index (χ2n) is 4.54. The lowest BCUT2D eigenvalue weighted by Gasteiger charge is -2.14. The molecule has 1 aliphatic rings. The van der Waals surface area contributed by atoms with Gasteiger partial charge in [0.15, 0.2) is 0 Å². The van der Waals surface area contributed by atoms with Gasteiger partial charge in [0, 0.05) is 30.0 Å². The summed E-state index contributed by atoms with van der Waals surface area (Å²) in [7, 11) is 1.56. The number of ether oxygens (including phenoxy) is 1. The number of hydrogen-bond donors (Lipinski definition) is 3. The minimum absolute atomic E-state index is 0. The number of carbonyl (C=O) groups excluding carboxylic acids is 1. The molecule has 1 aliphatic heterocycles. The highest BCUT2D eigenvalue weighted by Crippen LogP contribution is 2.22. The third-order valence-electron chi connectivity index (χ3n) is 3.25. The molecule has 112 valence electrons. The molecule has 2 atom stereocenters. The van der Waals surface area contributed by atoms with E-state index in [9.17, 15) is 9.90 Å². The molecule has 1 saturated heterocycles. The first-order valence-corrected chi connectivity index (χ1v) is 6.91. The van der Waals surface area contributed by atoms with Gasteiger partial charge in [0.05, 0.1) is 18.8 Å². The Labute approximate surface area is 132 Å². The Kier molecular flexibility index (Phi) is 6.75. The Morgan fingerprint density at radius 3 is 2.90 bits per heavy atom. The minimum Gasteiger partial charge on any atom is -0.497 e. The van der Waals surface area contributed by atoms with Crippen LogP contribution in [0.25, 0.3) is 0 Å². The van der Waals surface area contributed by atoms with Crippen LogP contribution in [0.4, 0.5) is 0 Å². The average Bonchev–Trinajstić information content (AvgIpc) is 2.82. The van der Waals surface area contributed by atoms with Crippen LogP contribution in [0.15, 0.2) is 22.7 Å². The second kappa shape index (κ2) is 7.83. The van der Waals surface area contributed by atoms with Gasteiger partial charge in [-0.2, -0.15) is 0 Å². The predicted molar refractivity (Wildman–Crippen MR) is 82.6 cm³/mol. The number of methoxy groups -OCH3 is 1. The van der Waals surface area contributed by atoms with Crippen LogP contribution in [0, 0.1) is 5.92 Å². The van der Waals surface area contributed by atoms with E-state index in [1.165, 1.54) is 0 Å². The zero-order valence-electron chi connectivity index (χ0n) is 11.1. The third-order valence-corrected chi connectivity index (χ3v) is 3.94. The summed E-state index contributed by atoms with van der Waals surface area (Å²) in [5.41, 5.74) is 0.528. The fraction of sp³-hybridized carbons (Fsp3) is 0.462. The van der Waals surface area contributed by atoms with Crippen LogP contribution in [0.1, 0.15) is 10.4 Å². The Bertz CT molecular complexity index is 473. The van der Waals surface area contributed by atoms with Crippen LogP contribution in [-0.2, 0) is 0 Å². The molecule has 1 amide bonds. The van der Waals surface area contributed by atoms with Gasteiger partial charge in [-0.15, -0.1) is 12.4 Å². The smallest absolute Gasteiger partial charge is 0.252 e. The van der Waals surface area contributed by atoms with Crippen LogP contribution < -0.4 is 15.4 Å². The lowest BCUT2D eigenvalue weighted by atomic mass is 10.1. The van der Waals surface area contributed by atoms with Gasteiger partial charge < -0.3 is 20.5 Å². The molecular formula is C13H18BrClN2O3. The summed E-state index contributed by atoms with van der Waals surface area (Å²) in [4.78, 5) is 12.1. The van der Waals surface area contributed by atoms with Crippen molar-refractivity contribution in [3.63, 3.8) is 0 Å². The predicted octanol–water partition coefficient (Wildman–Crippen LogP) is 1.19. The summed E-state index contributed by atoms with van der Waals surface area (Å²) in [5, 5.41) is 15.6. The Balaban J connectivity index is 0.00000200. The number of halogens is 2. The number of aliphatic hydroxyl groups is 1. The van der Waals surface area contributed by atoms with Gasteiger partial charge in [0.2, 0.25) is 0 Å². The second-order valence-corrected chi connectivity index (χ2v) is 5.40. The molecule has 1 aromatic carbocycles. The summed E-state index contributed by atoms with van der Waals surface area (Å²) < 4.78 is 5.82. The van der Waals surface area contributed by atoms with Crippen LogP contribution in [0.3, 0.4) is 0 Å². The maximum atomic E-state index is 12.1. The van der Waals surface area contributed by atoms with Crippen LogP contribution in [0.5, 0.6) is 5.75 Å². The summed E-state index contributed by atoms with van der Waals surface area (Å²) in [5.74, 6) is 0.522. The molecule has 0 radical (unpaired) electrons. The molecule has 3 N–H and O–H groups in total. The van der Waals surface area contributed by atoms with Crippen molar-refractivity contribution in [2.24, 2.45) is 5.92 Å². The van der Waals surface area contributed by atoms with Gasteiger partial charge >= 0.3 is 0 Å². The zero-order valence-corrected chi connectivity index (χ0v) is 13.5. The standard InChI is InChI=1S/C13H17BrN2O3.ClH/c1-19-9-2-3-11(14)10(4-9)13(18)16-6-8-5-15-7-12(8)17;/h2-4,8,12,15,17H,5-7H2,1H3,(H,16,18);1H. The summed E-state index contributed by atoms with van der Waals surface area (Å²) in [6.07, 6.45) is -0.394. The van der Waals surface area contributed by atoms with Crippen molar-refractivity contribution in [3.05, 3.63) is 28.2 Å². The third kappa shape index (κ3) is 4.09. The van der Waals surface area contributed by atoms with Gasteiger partial charge in [-0.3, -0.25) is 4.79 Å². The maximum Gasteiger partial charge on any atom is 0.252 e. The number of hydrogen-bond acceptors (Lipinski definition) is 4. The summed E-state index contributed by atoms with van der Waals surface area (Å²) >= 11 is 3.35. The van der Waals surface area contributed by atoms with Crippen LogP contribution in [-0.4, -0.2) is 43.9 Å². The Hall–Kier alpha value is -0.820. The summed E-state index contributed by atoms with van der Waals surface area (Å²) in [6, 6.07) is 5.24. The molecule has 20 heavy (non-hydrogen) atoms. The summed E-state index contributed by atoms with van der Waals surface area (Å²) in [6.45, 7) is 1.76. The normalized spacial score (nSPS) is 21.1. The van der Waals surface area contributed by atoms with E-state index in [1.807, 2.05) is 0 Å². The highest BCUT2D eigenvalue weighted by atomic mass is 79.9. The van der Waals surface area contributed by atoms with Crippen molar-refractivity contribution in [2.75, 3.05) is 26.7 Å². The van der Waals surface area contributed by atoms with Crippen LogP contribution in [0.2, 0.25) is 0 Å². The average molecular weight is 366 g/mol. The molecule has 7 heteroatoms. The number of rotatable bonds is 4. The molecule has 0 aliphatic carbocycles. The van der Waals surface area contributed by atoms with Crippen molar-refractivity contribution in [2.45, 2.75) is 6.10 Å². The van der Waals surface area contributed by atoms with E-state index >= 15 is 0 Å². The van der Waals surface area contributed by atoms with Gasteiger partial charge in [0.1, 0.15) is 5.75 Å². The molecule has 0 bridgehead atoms. The minimum atomic E-state index is -0.394. The quantitative estimate of drug-likeness (QED) is 0.749. The van der Waals surface area contributed by atoms with E-state index in [0.717, 1.165) is 11.0 Å². The molecule has 1 fully saturated rings. The van der Waals surface area contributed by atoms with Crippen molar-refractivity contribution >= 4 is 34.2 Å². The zero-order chi connectivity index (χ0) is 13.8. The number of carbonyl (C=O) groups is 1. The Morgan fingerprint density at radius 1 is 1.55 bits per heavy atom. The highest BCUT2D eigenvalue weighted by molar-refractivity contribution is 9.10. The number of nitrogens with one attached hydrogen (secondary N) is 2. The van der Waals surface area contributed by atoms with E-state index in [-0.39, 0.29) is 24.2 Å². The maximum absolute atomic E-state index is 12.1. The number of aliphatic hydroxyl groups excluding tert-OH is 1. The van der Waals surface area contributed by atoms with E-state index in [2.05, 4.69) is 26.6 Å². The molecule has 0 spiro atoms. The monoisotopic (exact) mass is 364 g/mol. The van der Waals surface area contributed by atoms with Gasteiger partial charge in [-0.1, -0.05) is 0 Å². The topological polar surface area (TPSA) is 70.6 Å². The first-order valence-electron chi connectivity index (χ1n) is 6.12. The molecule has 5 nitrogen and oxygen atoms in total. The lowest BCUT2D eigenvalue weighted by molar-refractivity contribution is 0.0926. The van der Waals surface area contributed by atoms with E-state index in [0.29, 0.717) is 24.4 Å². The molecular weight excluding hydrogens is 348 g/mol. The van der Waals surface area contributed by atoms with Gasteiger partial charge in [0.25, 0.3) is 5.91 Å². The van der Waals surface area contributed by atoms with Crippen molar-refractivity contribution in [1.82, 2.24) is 10.6 Å². The number of β-amino-alcohol motifs (C(OH)–C–C–N with tert-alkyl or cyclic N) is 1. The fourth-order valence-electron chi connectivity index (χ4n) is 2.05. The van der Waals surface area contributed by atoms with Crippen LogP contribution >= 0.6 is 28.3 Å². The molecule has 0 saturated carbocycles. The largest absolute Gasteiger partial charge is 0.497 e. The van der Waals surface area contributed by atoms with Gasteiger partial charge in [-0.05, 0) is 34.1 Å². The molecule has 2 unspecified atom stereocenters. The van der Waals surface area contributed by atoms with Crippen molar-refractivity contribution < 1.29 is 14.6 Å². The molecule has 1 heterocycles. The molecule has 0 aromatic heterocycles. The Morgan fingerprint density at radius 2 is 2.30 bits per heavy atom. The molecule has 2 rings (SSSR count). The highest BCUT2D eigenvalue weighted by Gasteiger charge is 2.25. The number of benzene rings is 1. The van der Waals surface area contributed by atoms with Crippen molar-refractivity contribution in [3.8, 4) is 5.75 Å². The number of amides is 1. The first-order chi connectivity index (χ1) is 9.11. The van der Waals surface area contributed by atoms with Crippen molar-refractivity contribution in [1.29, 1.82) is 0 Å². The molecule has 1 aromatic rings. The van der Waals surface area contributed by atoms with E-state index in [4.69, 9.17) is 4.74 Å². The van der Waals surface area contributed by atoms with Gasteiger partial charge in [-0.25, -0.2) is 0 Å². The SMILES string of the molecule is COc1ccc(Br)c(C(=O)NCC2CNCC2O)c1.Cl. The van der Waals surface area contributed by atoms with E-state index in [1.54, 1.807) is 25.3 Å². The lowest BCUT2D eigenvalue weighted by Crippen LogP contribution is -2.34.